The summed E-state index contributed by atoms with van der Waals surface area (Å²) in [5, 5.41) is 13.4. The predicted octanol–water partition coefficient (Wildman–Crippen LogP) is 1.84. The lowest BCUT2D eigenvalue weighted by Crippen LogP contribution is -2.38. The summed E-state index contributed by atoms with van der Waals surface area (Å²) in [5.41, 5.74) is 0.0430. The highest BCUT2D eigenvalue weighted by Gasteiger charge is 2.26. The van der Waals surface area contributed by atoms with Crippen LogP contribution in [0.4, 0.5) is 0 Å². The number of rotatable bonds is 5. The lowest BCUT2D eigenvalue weighted by atomic mass is 9.95. The Bertz CT molecular complexity index is 828. The van der Waals surface area contributed by atoms with E-state index in [1.807, 2.05) is 0 Å². The number of carbonyl (C=O) groups excluding carboxylic acids is 2. The van der Waals surface area contributed by atoms with Crippen LogP contribution in [0.15, 0.2) is 42.5 Å². The van der Waals surface area contributed by atoms with Crippen LogP contribution in [0, 0.1) is 0 Å². The standard InChI is InChI=1S/C19H19NO6/c1-19(23,14-7-8-15-16(9-14)26-11-25-15)10-20-17(21)12-3-5-13(6-4-12)18(22)24-2/h3-9,23H,10-11H2,1-2H3,(H,20,21). The Morgan fingerprint density at radius 1 is 1.12 bits per heavy atom. The molecule has 3 rings (SSSR count). The number of hydrogen-bond donors (Lipinski definition) is 2. The summed E-state index contributed by atoms with van der Waals surface area (Å²) in [6.07, 6.45) is 0. The van der Waals surface area contributed by atoms with Gasteiger partial charge in [-0.15, -0.1) is 0 Å². The summed E-state index contributed by atoms with van der Waals surface area (Å²) >= 11 is 0. The van der Waals surface area contributed by atoms with Crippen molar-refractivity contribution in [1.29, 1.82) is 0 Å². The van der Waals surface area contributed by atoms with Gasteiger partial charge in [0.05, 0.1) is 19.2 Å². The highest BCUT2D eigenvalue weighted by Crippen LogP contribution is 2.35. The molecular weight excluding hydrogens is 338 g/mol. The van der Waals surface area contributed by atoms with Gasteiger partial charge in [-0.3, -0.25) is 4.79 Å². The number of benzene rings is 2. The third-order valence-electron chi connectivity index (χ3n) is 4.16. The van der Waals surface area contributed by atoms with E-state index in [-0.39, 0.29) is 19.2 Å². The number of esters is 1. The molecule has 0 saturated heterocycles. The number of aliphatic hydroxyl groups is 1. The smallest absolute Gasteiger partial charge is 0.337 e. The van der Waals surface area contributed by atoms with E-state index in [0.717, 1.165) is 0 Å². The molecular formula is C19H19NO6. The molecule has 0 spiro atoms. The fraction of sp³-hybridized carbons (Fsp3) is 0.263. The van der Waals surface area contributed by atoms with E-state index < -0.39 is 11.6 Å². The minimum absolute atomic E-state index is 0.00420. The lowest BCUT2D eigenvalue weighted by Gasteiger charge is -2.24. The van der Waals surface area contributed by atoms with Crippen molar-refractivity contribution in [2.24, 2.45) is 0 Å². The molecule has 2 aromatic carbocycles. The molecule has 1 amide bonds. The number of hydrogen-bond acceptors (Lipinski definition) is 6. The van der Waals surface area contributed by atoms with Crippen LogP contribution in [-0.2, 0) is 10.3 Å². The SMILES string of the molecule is COC(=O)c1ccc(C(=O)NCC(C)(O)c2ccc3c(c2)OCO3)cc1. The minimum atomic E-state index is -1.29. The zero-order valence-corrected chi connectivity index (χ0v) is 14.4. The molecule has 7 heteroatoms. The largest absolute Gasteiger partial charge is 0.465 e. The first-order valence-electron chi connectivity index (χ1n) is 8.00. The van der Waals surface area contributed by atoms with Crippen LogP contribution in [0.25, 0.3) is 0 Å². The van der Waals surface area contributed by atoms with Crippen molar-refractivity contribution in [2.45, 2.75) is 12.5 Å². The van der Waals surface area contributed by atoms with Crippen LogP contribution in [0.3, 0.4) is 0 Å². The molecule has 1 aliphatic heterocycles. The first-order chi connectivity index (χ1) is 12.4. The van der Waals surface area contributed by atoms with Crippen molar-refractivity contribution >= 4 is 11.9 Å². The Hall–Kier alpha value is -3.06. The van der Waals surface area contributed by atoms with Crippen LogP contribution < -0.4 is 14.8 Å². The highest BCUT2D eigenvalue weighted by atomic mass is 16.7. The Kier molecular flexibility index (Phi) is 4.81. The molecule has 0 saturated carbocycles. The number of amides is 1. The van der Waals surface area contributed by atoms with Crippen molar-refractivity contribution < 1.29 is 28.9 Å². The normalized spacial score (nSPS) is 14.4. The molecule has 0 aromatic heterocycles. The van der Waals surface area contributed by atoms with Gasteiger partial charge in [-0.25, -0.2) is 4.79 Å². The zero-order valence-electron chi connectivity index (χ0n) is 14.4. The van der Waals surface area contributed by atoms with E-state index in [1.54, 1.807) is 25.1 Å². The molecule has 0 fully saturated rings. The van der Waals surface area contributed by atoms with Crippen molar-refractivity contribution in [2.75, 3.05) is 20.4 Å². The van der Waals surface area contributed by atoms with E-state index in [4.69, 9.17) is 9.47 Å². The van der Waals surface area contributed by atoms with Gasteiger partial charge in [0.25, 0.3) is 5.91 Å². The second-order valence-corrected chi connectivity index (χ2v) is 6.09. The third kappa shape index (κ3) is 3.62. The van der Waals surface area contributed by atoms with Crippen molar-refractivity contribution in [3.8, 4) is 11.5 Å². The summed E-state index contributed by atoms with van der Waals surface area (Å²) in [4.78, 5) is 23.7. The van der Waals surface area contributed by atoms with Gasteiger partial charge in [-0.2, -0.15) is 0 Å². The Morgan fingerprint density at radius 3 is 2.46 bits per heavy atom. The second kappa shape index (κ2) is 7.05. The molecule has 1 atom stereocenters. The van der Waals surface area contributed by atoms with E-state index in [9.17, 15) is 14.7 Å². The molecule has 2 aromatic rings. The second-order valence-electron chi connectivity index (χ2n) is 6.09. The van der Waals surface area contributed by atoms with Gasteiger partial charge in [0.1, 0.15) is 5.60 Å². The molecule has 0 bridgehead atoms. The van der Waals surface area contributed by atoms with Crippen molar-refractivity contribution in [3.05, 3.63) is 59.2 Å². The van der Waals surface area contributed by atoms with E-state index in [0.29, 0.717) is 28.2 Å². The molecule has 1 aliphatic rings. The van der Waals surface area contributed by atoms with Gasteiger partial charge >= 0.3 is 5.97 Å². The van der Waals surface area contributed by atoms with Crippen LogP contribution in [0.2, 0.25) is 0 Å². The molecule has 1 heterocycles. The van der Waals surface area contributed by atoms with Crippen molar-refractivity contribution in [1.82, 2.24) is 5.32 Å². The Labute approximate surface area is 150 Å². The predicted molar refractivity (Wildman–Crippen MR) is 92.3 cm³/mol. The molecule has 0 aliphatic carbocycles. The number of ether oxygens (including phenoxy) is 3. The summed E-state index contributed by atoms with van der Waals surface area (Å²) < 4.78 is 15.2. The fourth-order valence-electron chi connectivity index (χ4n) is 2.56. The monoisotopic (exact) mass is 357 g/mol. The average molecular weight is 357 g/mol. The Balaban J connectivity index is 1.65. The van der Waals surface area contributed by atoms with Gasteiger partial charge in [-0.05, 0) is 48.9 Å². The fourth-order valence-corrected chi connectivity index (χ4v) is 2.56. The maximum absolute atomic E-state index is 12.3. The first kappa shape index (κ1) is 17.8. The van der Waals surface area contributed by atoms with Gasteiger partial charge in [0.2, 0.25) is 6.79 Å². The van der Waals surface area contributed by atoms with Gasteiger partial charge in [0, 0.05) is 5.56 Å². The van der Waals surface area contributed by atoms with Crippen molar-refractivity contribution in [3.63, 3.8) is 0 Å². The first-order valence-corrected chi connectivity index (χ1v) is 8.00. The number of methoxy groups -OCH3 is 1. The number of carbonyl (C=O) groups is 2. The summed E-state index contributed by atoms with van der Waals surface area (Å²) in [6, 6.07) is 11.2. The quantitative estimate of drug-likeness (QED) is 0.793. The number of nitrogens with one attached hydrogen (secondary N) is 1. The van der Waals surface area contributed by atoms with E-state index in [2.05, 4.69) is 10.1 Å². The maximum atomic E-state index is 12.3. The van der Waals surface area contributed by atoms with Gasteiger partial charge < -0.3 is 24.6 Å². The topological polar surface area (TPSA) is 94.1 Å². The van der Waals surface area contributed by atoms with Gasteiger partial charge in [0.15, 0.2) is 11.5 Å². The van der Waals surface area contributed by atoms with E-state index in [1.165, 1.54) is 31.4 Å². The molecule has 2 N–H and O–H groups in total. The maximum Gasteiger partial charge on any atom is 0.337 e. The van der Waals surface area contributed by atoms with Crippen LogP contribution in [0.5, 0.6) is 11.5 Å². The summed E-state index contributed by atoms with van der Waals surface area (Å²) in [7, 11) is 1.29. The van der Waals surface area contributed by atoms with Gasteiger partial charge in [-0.1, -0.05) is 6.07 Å². The summed E-state index contributed by atoms with van der Waals surface area (Å²) in [5.74, 6) is 0.358. The average Bonchev–Trinajstić information content (AvgIpc) is 3.13. The highest BCUT2D eigenvalue weighted by molar-refractivity contribution is 5.96. The molecule has 26 heavy (non-hydrogen) atoms. The third-order valence-corrected chi connectivity index (χ3v) is 4.16. The number of fused-ring (bicyclic) bond motifs is 1. The Morgan fingerprint density at radius 2 is 1.77 bits per heavy atom. The van der Waals surface area contributed by atoms with Crippen LogP contribution >= 0.6 is 0 Å². The minimum Gasteiger partial charge on any atom is -0.465 e. The van der Waals surface area contributed by atoms with E-state index >= 15 is 0 Å². The lowest BCUT2D eigenvalue weighted by molar-refractivity contribution is 0.0525. The van der Waals surface area contributed by atoms with Crippen LogP contribution in [0.1, 0.15) is 33.2 Å². The zero-order chi connectivity index (χ0) is 18.7. The molecule has 136 valence electrons. The van der Waals surface area contributed by atoms with Crippen LogP contribution in [-0.4, -0.2) is 37.4 Å². The molecule has 1 unspecified atom stereocenters. The molecule has 0 radical (unpaired) electrons. The molecule has 7 nitrogen and oxygen atoms in total. The summed E-state index contributed by atoms with van der Waals surface area (Å²) in [6.45, 7) is 1.76.